The van der Waals surface area contributed by atoms with Crippen molar-refractivity contribution in [2.75, 3.05) is 0 Å². The molecular weight excluding hydrogens is 186 g/mol. The smallest absolute Gasteiger partial charge is 0.405 e. The Kier molecular flexibility index (Phi) is 2.93. The Labute approximate surface area is 81.4 Å². The maximum Gasteiger partial charge on any atom is 0.405 e. The summed E-state index contributed by atoms with van der Waals surface area (Å²) in [4.78, 5) is 10.4. The lowest BCUT2D eigenvalue weighted by Gasteiger charge is -2.23. The van der Waals surface area contributed by atoms with Gasteiger partial charge in [0.15, 0.2) is 0 Å². The molecule has 0 saturated heterocycles. The maximum absolute atomic E-state index is 10.4. The van der Waals surface area contributed by atoms with Crippen LogP contribution in [0.2, 0.25) is 0 Å². The van der Waals surface area contributed by atoms with E-state index in [1.165, 1.54) is 5.56 Å². The lowest BCUT2D eigenvalue weighted by Crippen LogP contribution is -2.44. The number of carboxylic acid groups (broad SMARTS) is 1. The summed E-state index contributed by atoms with van der Waals surface area (Å²) in [6.45, 7) is 3.75. The molecule has 0 saturated carbocycles. The van der Waals surface area contributed by atoms with Gasteiger partial charge in [0.25, 0.3) is 0 Å². The van der Waals surface area contributed by atoms with E-state index in [1.807, 2.05) is 30.7 Å². The van der Waals surface area contributed by atoms with E-state index in [4.69, 9.17) is 5.11 Å². The average molecular weight is 199 g/mol. The standard InChI is InChI=1S/C9H13NO2S/c1-9(2,10-8(11)12)5-7-3-4-13-6-7/h3-4,6,10H,5H2,1-2H3,(H,11,12). The van der Waals surface area contributed by atoms with E-state index in [2.05, 4.69) is 5.32 Å². The Balaban J connectivity index is 2.56. The van der Waals surface area contributed by atoms with Crippen molar-refractivity contribution in [3.05, 3.63) is 22.4 Å². The molecule has 4 heteroatoms. The van der Waals surface area contributed by atoms with E-state index in [0.717, 1.165) is 6.42 Å². The Morgan fingerprint density at radius 2 is 2.38 bits per heavy atom. The SMILES string of the molecule is CC(C)(Cc1ccsc1)NC(=O)O. The fraction of sp³-hybridized carbons (Fsp3) is 0.444. The van der Waals surface area contributed by atoms with Gasteiger partial charge in [0.05, 0.1) is 0 Å². The van der Waals surface area contributed by atoms with E-state index < -0.39 is 11.6 Å². The van der Waals surface area contributed by atoms with Crippen molar-refractivity contribution in [2.45, 2.75) is 25.8 Å². The molecule has 2 N–H and O–H groups in total. The highest BCUT2D eigenvalue weighted by Crippen LogP contribution is 2.15. The van der Waals surface area contributed by atoms with Gasteiger partial charge in [0, 0.05) is 5.54 Å². The summed E-state index contributed by atoms with van der Waals surface area (Å²) in [5.41, 5.74) is 0.774. The lowest BCUT2D eigenvalue weighted by atomic mass is 9.97. The molecule has 1 heterocycles. The van der Waals surface area contributed by atoms with E-state index >= 15 is 0 Å². The van der Waals surface area contributed by atoms with Crippen molar-refractivity contribution >= 4 is 17.4 Å². The van der Waals surface area contributed by atoms with Gasteiger partial charge in [-0.1, -0.05) is 0 Å². The quantitative estimate of drug-likeness (QED) is 0.785. The van der Waals surface area contributed by atoms with Crippen LogP contribution in [0.4, 0.5) is 4.79 Å². The van der Waals surface area contributed by atoms with E-state index in [9.17, 15) is 4.79 Å². The summed E-state index contributed by atoms with van der Waals surface area (Å²) in [7, 11) is 0. The summed E-state index contributed by atoms with van der Waals surface area (Å²) in [5.74, 6) is 0. The molecule has 1 aromatic rings. The zero-order valence-electron chi connectivity index (χ0n) is 7.70. The Morgan fingerprint density at radius 3 is 2.85 bits per heavy atom. The van der Waals surface area contributed by atoms with Crippen LogP contribution in [0.5, 0.6) is 0 Å². The number of carbonyl (C=O) groups is 1. The summed E-state index contributed by atoms with van der Waals surface area (Å²) in [5, 5.41) is 15.1. The summed E-state index contributed by atoms with van der Waals surface area (Å²) < 4.78 is 0. The van der Waals surface area contributed by atoms with E-state index in [1.54, 1.807) is 11.3 Å². The molecule has 0 aromatic carbocycles. The van der Waals surface area contributed by atoms with Crippen molar-refractivity contribution in [2.24, 2.45) is 0 Å². The molecule has 0 bridgehead atoms. The highest BCUT2D eigenvalue weighted by molar-refractivity contribution is 7.07. The van der Waals surface area contributed by atoms with Crippen molar-refractivity contribution in [3.63, 3.8) is 0 Å². The first kappa shape index (κ1) is 10.1. The van der Waals surface area contributed by atoms with Crippen molar-refractivity contribution in [1.29, 1.82) is 0 Å². The fourth-order valence-corrected chi connectivity index (χ4v) is 1.91. The first-order valence-electron chi connectivity index (χ1n) is 4.02. The number of hydrogen-bond acceptors (Lipinski definition) is 2. The third kappa shape index (κ3) is 3.46. The molecule has 0 unspecified atom stereocenters. The van der Waals surface area contributed by atoms with E-state index in [-0.39, 0.29) is 0 Å². The molecule has 1 rings (SSSR count). The van der Waals surface area contributed by atoms with Gasteiger partial charge in [0.1, 0.15) is 0 Å². The van der Waals surface area contributed by atoms with E-state index in [0.29, 0.717) is 0 Å². The minimum absolute atomic E-state index is 0.396. The Morgan fingerprint density at radius 1 is 1.69 bits per heavy atom. The van der Waals surface area contributed by atoms with Crippen LogP contribution in [0.25, 0.3) is 0 Å². The van der Waals surface area contributed by atoms with Crippen molar-refractivity contribution < 1.29 is 9.90 Å². The van der Waals surface area contributed by atoms with Gasteiger partial charge in [-0.05, 0) is 42.7 Å². The first-order chi connectivity index (χ1) is 5.99. The minimum atomic E-state index is -0.972. The van der Waals surface area contributed by atoms with Gasteiger partial charge in [-0.2, -0.15) is 11.3 Å². The number of nitrogens with one attached hydrogen (secondary N) is 1. The molecule has 0 aliphatic rings. The molecule has 0 radical (unpaired) electrons. The molecular formula is C9H13NO2S. The van der Waals surface area contributed by atoms with Crippen LogP contribution in [-0.4, -0.2) is 16.7 Å². The largest absolute Gasteiger partial charge is 0.465 e. The lowest BCUT2D eigenvalue weighted by molar-refractivity contribution is 0.182. The number of hydrogen-bond donors (Lipinski definition) is 2. The van der Waals surface area contributed by atoms with Crippen molar-refractivity contribution in [3.8, 4) is 0 Å². The van der Waals surface area contributed by atoms with Gasteiger partial charge in [-0.3, -0.25) is 0 Å². The normalized spacial score (nSPS) is 11.2. The number of rotatable bonds is 3. The van der Waals surface area contributed by atoms with Crippen LogP contribution < -0.4 is 5.32 Å². The second kappa shape index (κ2) is 3.79. The van der Waals surface area contributed by atoms with Crippen LogP contribution in [0.3, 0.4) is 0 Å². The Bertz CT molecular complexity index is 280. The monoisotopic (exact) mass is 199 g/mol. The fourth-order valence-electron chi connectivity index (χ4n) is 1.24. The average Bonchev–Trinajstić information content (AvgIpc) is 2.34. The Hall–Kier alpha value is -1.03. The van der Waals surface area contributed by atoms with Crippen LogP contribution in [0.1, 0.15) is 19.4 Å². The van der Waals surface area contributed by atoms with Crippen LogP contribution in [0.15, 0.2) is 16.8 Å². The summed E-state index contributed by atoms with van der Waals surface area (Å²) in [6.07, 6.45) is -0.247. The third-order valence-corrected chi connectivity index (χ3v) is 2.40. The van der Waals surface area contributed by atoms with Crippen LogP contribution in [0, 0.1) is 0 Å². The van der Waals surface area contributed by atoms with Crippen LogP contribution >= 0.6 is 11.3 Å². The number of thiophene rings is 1. The predicted octanol–water partition coefficient (Wildman–Crippen LogP) is 2.34. The second-order valence-electron chi connectivity index (χ2n) is 3.62. The summed E-state index contributed by atoms with van der Waals surface area (Å²) >= 11 is 1.62. The zero-order valence-corrected chi connectivity index (χ0v) is 8.52. The highest BCUT2D eigenvalue weighted by atomic mass is 32.1. The molecule has 0 atom stereocenters. The second-order valence-corrected chi connectivity index (χ2v) is 4.40. The molecule has 13 heavy (non-hydrogen) atoms. The predicted molar refractivity (Wildman–Crippen MR) is 53.3 cm³/mol. The van der Waals surface area contributed by atoms with Crippen molar-refractivity contribution in [1.82, 2.24) is 5.32 Å². The van der Waals surface area contributed by atoms with Gasteiger partial charge >= 0.3 is 6.09 Å². The molecule has 0 fully saturated rings. The molecule has 0 aliphatic heterocycles. The van der Waals surface area contributed by atoms with Gasteiger partial charge in [-0.25, -0.2) is 4.79 Å². The first-order valence-corrected chi connectivity index (χ1v) is 4.96. The molecule has 72 valence electrons. The topological polar surface area (TPSA) is 49.3 Å². The maximum atomic E-state index is 10.4. The van der Waals surface area contributed by atoms with Gasteiger partial charge < -0.3 is 10.4 Å². The molecule has 1 aromatic heterocycles. The number of amides is 1. The molecule has 1 amide bonds. The van der Waals surface area contributed by atoms with Gasteiger partial charge in [-0.15, -0.1) is 0 Å². The third-order valence-electron chi connectivity index (χ3n) is 1.67. The van der Waals surface area contributed by atoms with Gasteiger partial charge in [0.2, 0.25) is 0 Å². The molecule has 0 spiro atoms. The van der Waals surface area contributed by atoms with Crippen LogP contribution in [-0.2, 0) is 6.42 Å². The molecule has 3 nitrogen and oxygen atoms in total. The zero-order chi connectivity index (χ0) is 9.90. The highest BCUT2D eigenvalue weighted by Gasteiger charge is 2.20. The minimum Gasteiger partial charge on any atom is -0.465 e. The summed E-state index contributed by atoms with van der Waals surface area (Å²) in [6, 6.07) is 2.01. The molecule has 0 aliphatic carbocycles.